The molecule has 0 amide bonds. The number of likely N-dealkylation sites (N-methyl/N-ethyl adjacent to an activating group) is 1. The van der Waals surface area contributed by atoms with Crippen LogP contribution in [0, 0.1) is 0 Å². The summed E-state index contributed by atoms with van der Waals surface area (Å²) >= 11 is 0. The minimum absolute atomic E-state index is 0.565. The summed E-state index contributed by atoms with van der Waals surface area (Å²) in [6.45, 7) is 2.79. The van der Waals surface area contributed by atoms with Crippen LogP contribution < -0.4 is 5.73 Å². The Morgan fingerprint density at radius 3 is 2.92 bits per heavy atom. The fraction of sp³-hybridized carbons (Fsp3) is 0.625. The van der Waals surface area contributed by atoms with Gasteiger partial charge in [0.05, 0.1) is 12.2 Å². The van der Waals surface area contributed by atoms with E-state index in [9.17, 15) is 0 Å². The van der Waals surface area contributed by atoms with Crippen LogP contribution in [0.3, 0.4) is 0 Å². The molecule has 66 valence electrons. The van der Waals surface area contributed by atoms with Crippen LogP contribution in [0.15, 0.2) is 12.4 Å². The van der Waals surface area contributed by atoms with Crippen molar-refractivity contribution in [3.8, 4) is 0 Å². The lowest BCUT2D eigenvalue weighted by Crippen LogP contribution is -2.45. The van der Waals surface area contributed by atoms with Crippen LogP contribution >= 0.6 is 0 Å². The highest BCUT2D eigenvalue weighted by Gasteiger charge is 2.24. The van der Waals surface area contributed by atoms with Gasteiger partial charge < -0.3 is 10.6 Å². The Morgan fingerprint density at radius 2 is 2.42 bits per heavy atom. The van der Waals surface area contributed by atoms with E-state index in [-0.39, 0.29) is 0 Å². The van der Waals surface area contributed by atoms with Crippen LogP contribution in [0.4, 0.5) is 0 Å². The number of hydrogen-bond acceptors (Lipinski definition) is 3. The van der Waals surface area contributed by atoms with Gasteiger partial charge in [0.1, 0.15) is 0 Å². The number of aromatic nitrogens is 2. The molecule has 0 bridgehead atoms. The summed E-state index contributed by atoms with van der Waals surface area (Å²) in [5.74, 6) is 0. The van der Waals surface area contributed by atoms with Gasteiger partial charge in [-0.15, -0.1) is 0 Å². The highest BCUT2D eigenvalue weighted by molar-refractivity contribution is 5.04. The fourth-order valence-electron chi connectivity index (χ4n) is 1.52. The summed E-state index contributed by atoms with van der Waals surface area (Å²) in [6, 6.07) is 0.565. The maximum atomic E-state index is 5.49. The normalized spacial score (nSPS) is 19.5. The predicted molar refractivity (Wildman–Crippen MR) is 46.7 cm³/mol. The van der Waals surface area contributed by atoms with Crippen molar-refractivity contribution in [3.63, 3.8) is 0 Å². The highest BCUT2D eigenvalue weighted by atomic mass is 15.4. The molecule has 0 radical (unpaired) electrons. The lowest BCUT2D eigenvalue weighted by molar-refractivity contribution is 0.130. The second-order valence-corrected chi connectivity index (χ2v) is 3.41. The van der Waals surface area contributed by atoms with Crippen molar-refractivity contribution >= 4 is 0 Å². The molecule has 2 heterocycles. The second-order valence-electron chi connectivity index (χ2n) is 3.41. The molecule has 1 aromatic heterocycles. The van der Waals surface area contributed by atoms with Crippen LogP contribution in [-0.2, 0) is 6.54 Å². The molecule has 1 aliphatic rings. The van der Waals surface area contributed by atoms with Gasteiger partial charge in [0.25, 0.3) is 0 Å². The first kappa shape index (κ1) is 7.76. The van der Waals surface area contributed by atoms with Gasteiger partial charge >= 0.3 is 0 Å². The molecule has 1 aliphatic heterocycles. The average molecular weight is 166 g/mol. The number of hydrogen-bond donors (Lipinski definition) is 1. The van der Waals surface area contributed by atoms with Crippen molar-refractivity contribution in [2.75, 3.05) is 20.1 Å². The van der Waals surface area contributed by atoms with E-state index in [0.717, 1.165) is 18.7 Å². The summed E-state index contributed by atoms with van der Waals surface area (Å²) in [5, 5.41) is 4.25. The van der Waals surface area contributed by atoms with E-state index < -0.39 is 0 Å². The Labute approximate surface area is 72.0 Å². The molecule has 4 nitrogen and oxygen atoms in total. The van der Waals surface area contributed by atoms with Gasteiger partial charge in [-0.1, -0.05) is 0 Å². The number of nitrogens with two attached hydrogens (primary N) is 1. The molecule has 0 aromatic carbocycles. The van der Waals surface area contributed by atoms with Crippen molar-refractivity contribution in [1.29, 1.82) is 0 Å². The molecule has 0 spiro atoms. The van der Waals surface area contributed by atoms with Crippen molar-refractivity contribution in [2.45, 2.75) is 12.6 Å². The lowest BCUT2D eigenvalue weighted by atomic mass is 10.1. The van der Waals surface area contributed by atoms with Crippen LogP contribution in [0.2, 0.25) is 0 Å². The topological polar surface area (TPSA) is 47.1 Å². The minimum Gasteiger partial charge on any atom is -0.326 e. The van der Waals surface area contributed by atoms with Gasteiger partial charge in [-0.05, 0) is 7.05 Å². The Bertz CT molecular complexity index is 262. The highest BCUT2D eigenvalue weighted by Crippen LogP contribution is 2.18. The third-order valence-electron chi connectivity index (χ3n) is 2.31. The minimum atomic E-state index is 0.565. The van der Waals surface area contributed by atoms with Gasteiger partial charge in [-0.25, -0.2) is 0 Å². The van der Waals surface area contributed by atoms with Gasteiger partial charge in [0.2, 0.25) is 0 Å². The first-order valence-electron chi connectivity index (χ1n) is 4.21. The summed E-state index contributed by atoms with van der Waals surface area (Å²) in [7, 11) is 2.11. The second kappa shape index (κ2) is 2.88. The molecule has 0 saturated carbocycles. The maximum absolute atomic E-state index is 5.49. The largest absolute Gasteiger partial charge is 0.326 e. The predicted octanol–water partition coefficient (Wildman–Crippen LogP) is -0.172. The molecular weight excluding hydrogens is 152 g/mol. The lowest BCUT2D eigenvalue weighted by Gasteiger charge is -2.36. The van der Waals surface area contributed by atoms with E-state index in [0.29, 0.717) is 12.6 Å². The molecule has 12 heavy (non-hydrogen) atoms. The zero-order chi connectivity index (χ0) is 8.55. The smallest absolute Gasteiger partial charge is 0.0772 e. The van der Waals surface area contributed by atoms with Crippen LogP contribution in [0.25, 0.3) is 0 Å². The van der Waals surface area contributed by atoms with E-state index in [1.165, 1.54) is 0 Å². The molecule has 1 saturated heterocycles. The SMILES string of the molecule is CN1CC(n2cc(CN)cn2)C1. The van der Waals surface area contributed by atoms with E-state index >= 15 is 0 Å². The van der Waals surface area contributed by atoms with Gasteiger partial charge in [0, 0.05) is 31.4 Å². The molecule has 1 aromatic rings. The average Bonchev–Trinajstić information content (AvgIpc) is 2.46. The van der Waals surface area contributed by atoms with Crippen LogP contribution in [-0.4, -0.2) is 34.8 Å². The molecule has 4 heteroatoms. The van der Waals surface area contributed by atoms with Crippen molar-refractivity contribution in [1.82, 2.24) is 14.7 Å². The van der Waals surface area contributed by atoms with E-state index in [1.54, 1.807) is 0 Å². The summed E-state index contributed by atoms with van der Waals surface area (Å²) in [5.41, 5.74) is 6.60. The third kappa shape index (κ3) is 1.23. The van der Waals surface area contributed by atoms with Gasteiger partial charge in [0.15, 0.2) is 0 Å². The van der Waals surface area contributed by atoms with Crippen LogP contribution in [0.1, 0.15) is 11.6 Å². The summed E-state index contributed by atoms with van der Waals surface area (Å²) in [4.78, 5) is 2.27. The van der Waals surface area contributed by atoms with Crippen molar-refractivity contribution in [3.05, 3.63) is 18.0 Å². The summed E-state index contributed by atoms with van der Waals surface area (Å²) in [6.07, 6.45) is 3.88. The first-order valence-corrected chi connectivity index (χ1v) is 4.21. The maximum Gasteiger partial charge on any atom is 0.0772 e. The molecule has 2 N–H and O–H groups in total. The standard InChI is InChI=1S/C8H14N4/c1-11-5-8(6-11)12-4-7(2-9)3-10-12/h3-4,8H,2,5-6,9H2,1H3. The Hall–Kier alpha value is -0.870. The zero-order valence-electron chi connectivity index (χ0n) is 7.27. The molecule has 0 atom stereocenters. The molecule has 0 aliphatic carbocycles. The quantitative estimate of drug-likeness (QED) is 0.663. The number of rotatable bonds is 2. The van der Waals surface area contributed by atoms with E-state index in [2.05, 4.69) is 17.0 Å². The van der Waals surface area contributed by atoms with E-state index in [1.807, 2.05) is 17.1 Å². The van der Waals surface area contributed by atoms with Gasteiger partial charge in [-0.2, -0.15) is 5.10 Å². The number of nitrogens with zero attached hydrogens (tertiary/aromatic N) is 3. The van der Waals surface area contributed by atoms with E-state index in [4.69, 9.17) is 5.73 Å². The monoisotopic (exact) mass is 166 g/mol. The van der Waals surface area contributed by atoms with Crippen molar-refractivity contribution in [2.24, 2.45) is 5.73 Å². The van der Waals surface area contributed by atoms with Gasteiger partial charge in [-0.3, -0.25) is 4.68 Å². The third-order valence-corrected chi connectivity index (χ3v) is 2.31. The Kier molecular flexibility index (Phi) is 1.86. The fourth-order valence-corrected chi connectivity index (χ4v) is 1.52. The summed E-state index contributed by atoms with van der Waals surface area (Å²) < 4.78 is 2.02. The van der Waals surface area contributed by atoms with Crippen molar-refractivity contribution < 1.29 is 0 Å². The number of likely N-dealkylation sites (tertiary alicyclic amines) is 1. The Balaban J connectivity index is 2.04. The van der Waals surface area contributed by atoms with Crippen LogP contribution in [0.5, 0.6) is 0 Å². The first-order chi connectivity index (χ1) is 5.79. The zero-order valence-corrected chi connectivity index (χ0v) is 7.27. The molecule has 2 rings (SSSR count). The molecule has 0 unspecified atom stereocenters. The Morgan fingerprint density at radius 1 is 1.67 bits per heavy atom. The molecule has 1 fully saturated rings. The molecular formula is C8H14N4.